The van der Waals surface area contributed by atoms with Gasteiger partial charge < -0.3 is 5.32 Å². The van der Waals surface area contributed by atoms with Crippen molar-refractivity contribution in [3.05, 3.63) is 59.4 Å². The summed E-state index contributed by atoms with van der Waals surface area (Å²) < 4.78 is 1.71. The van der Waals surface area contributed by atoms with E-state index in [0.29, 0.717) is 24.1 Å². The van der Waals surface area contributed by atoms with Crippen LogP contribution in [0.1, 0.15) is 35.0 Å². The lowest BCUT2D eigenvalue weighted by Gasteiger charge is -2.21. The molecule has 3 heterocycles. The second-order valence-corrected chi connectivity index (χ2v) is 7.89. The highest BCUT2D eigenvalue weighted by Gasteiger charge is 2.29. The molecule has 1 aromatic carbocycles. The summed E-state index contributed by atoms with van der Waals surface area (Å²) in [7, 11) is 1.84. The van der Waals surface area contributed by atoms with E-state index in [2.05, 4.69) is 57.6 Å². The molecule has 0 spiro atoms. The smallest absolute Gasteiger partial charge is 0.252 e. The Kier molecular flexibility index (Phi) is 5.13. The van der Waals surface area contributed by atoms with Crippen LogP contribution in [0.2, 0.25) is 0 Å². The van der Waals surface area contributed by atoms with Crippen LogP contribution in [-0.2, 0) is 13.6 Å². The van der Waals surface area contributed by atoms with Crippen LogP contribution in [0.3, 0.4) is 0 Å². The molecule has 0 saturated carbocycles. The number of amides is 1. The first-order valence-electron chi connectivity index (χ1n) is 9.87. The van der Waals surface area contributed by atoms with Crippen molar-refractivity contribution in [3.63, 3.8) is 0 Å². The topological polar surface area (TPSA) is 63.1 Å². The number of nitrogens with one attached hydrogen (secondary N) is 1. The van der Waals surface area contributed by atoms with Gasteiger partial charge in [-0.2, -0.15) is 5.10 Å². The number of carbonyl (C=O) groups is 1. The average molecular weight is 377 g/mol. The second-order valence-electron chi connectivity index (χ2n) is 7.89. The monoisotopic (exact) mass is 377 g/mol. The van der Waals surface area contributed by atoms with Gasteiger partial charge in [-0.15, -0.1) is 0 Å². The van der Waals surface area contributed by atoms with E-state index in [1.54, 1.807) is 10.9 Å². The maximum atomic E-state index is 12.8. The highest BCUT2D eigenvalue weighted by atomic mass is 16.1. The number of rotatable bonds is 5. The van der Waals surface area contributed by atoms with Crippen LogP contribution < -0.4 is 5.32 Å². The maximum absolute atomic E-state index is 12.8. The highest BCUT2D eigenvalue weighted by Crippen LogP contribution is 2.25. The molecule has 1 amide bonds. The van der Waals surface area contributed by atoms with Crippen LogP contribution in [0.25, 0.3) is 11.0 Å². The fourth-order valence-electron chi connectivity index (χ4n) is 4.16. The molecule has 0 unspecified atom stereocenters. The van der Waals surface area contributed by atoms with Crippen molar-refractivity contribution in [2.45, 2.75) is 32.9 Å². The number of hydrogen-bond donors (Lipinski definition) is 1. The predicted octanol–water partition coefficient (Wildman–Crippen LogP) is 2.92. The lowest BCUT2D eigenvalue weighted by Crippen LogP contribution is -2.31. The summed E-state index contributed by atoms with van der Waals surface area (Å²) in [6.07, 6.45) is 2.82. The van der Waals surface area contributed by atoms with Gasteiger partial charge in [-0.05, 0) is 37.8 Å². The summed E-state index contributed by atoms with van der Waals surface area (Å²) in [5, 5.41) is 8.19. The molecule has 6 nitrogen and oxygen atoms in total. The molecule has 0 aliphatic carbocycles. The van der Waals surface area contributed by atoms with E-state index in [-0.39, 0.29) is 5.91 Å². The first-order valence-corrected chi connectivity index (χ1v) is 9.87. The molecule has 1 aliphatic heterocycles. The minimum absolute atomic E-state index is 0.0438. The number of nitrogens with zero attached hydrogens (tertiary/aromatic N) is 4. The lowest BCUT2D eigenvalue weighted by molar-refractivity contribution is 0.0948. The average Bonchev–Trinajstić information content (AvgIpc) is 3.23. The van der Waals surface area contributed by atoms with Crippen LogP contribution >= 0.6 is 0 Å². The molecule has 1 fully saturated rings. The van der Waals surface area contributed by atoms with Crippen LogP contribution in [0, 0.1) is 12.8 Å². The molecule has 1 aliphatic rings. The van der Waals surface area contributed by atoms with Crippen molar-refractivity contribution in [2.75, 3.05) is 13.1 Å². The highest BCUT2D eigenvalue weighted by molar-refractivity contribution is 6.05. The fourth-order valence-corrected chi connectivity index (χ4v) is 4.16. The molecule has 1 N–H and O–H groups in total. The summed E-state index contributed by atoms with van der Waals surface area (Å²) >= 11 is 0. The Morgan fingerprint density at radius 3 is 2.86 bits per heavy atom. The normalized spacial score (nSPS) is 20.0. The van der Waals surface area contributed by atoms with Gasteiger partial charge in [0.15, 0.2) is 5.65 Å². The van der Waals surface area contributed by atoms with Crippen molar-refractivity contribution in [1.82, 2.24) is 25.0 Å². The molecule has 6 heteroatoms. The first-order chi connectivity index (χ1) is 13.5. The molecular formula is C22H27N5O. The van der Waals surface area contributed by atoms with Gasteiger partial charge in [0, 0.05) is 38.4 Å². The molecule has 3 aromatic rings. The quantitative estimate of drug-likeness (QED) is 0.743. The molecule has 1 saturated heterocycles. The van der Waals surface area contributed by atoms with Gasteiger partial charge in [-0.25, -0.2) is 4.98 Å². The number of aryl methyl sites for hydroxylation is 2. The Balaban J connectivity index is 1.39. The molecule has 0 bridgehead atoms. The Labute approximate surface area is 165 Å². The zero-order valence-corrected chi connectivity index (χ0v) is 16.7. The van der Waals surface area contributed by atoms with Crippen molar-refractivity contribution in [3.8, 4) is 0 Å². The van der Waals surface area contributed by atoms with E-state index < -0.39 is 0 Å². The van der Waals surface area contributed by atoms with Gasteiger partial charge in [0.25, 0.3) is 5.91 Å². The van der Waals surface area contributed by atoms with Crippen molar-refractivity contribution in [1.29, 1.82) is 0 Å². The Bertz CT molecular complexity index is 981. The lowest BCUT2D eigenvalue weighted by atomic mass is 10.1. The minimum atomic E-state index is -0.0438. The van der Waals surface area contributed by atoms with Gasteiger partial charge in [0.05, 0.1) is 17.1 Å². The van der Waals surface area contributed by atoms with Crippen LogP contribution in [0.4, 0.5) is 0 Å². The predicted molar refractivity (Wildman–Crippen MR) is 110 cm³/mol. The van der Waals surface area contributed by atoms with E-state index in [9.17, 15) is 4.79 Å². The Morgan fingerprint density at radius 2 is 2.07 bits per heavy atom. The zero-order valence-electron chi connectivity index (χ0n) is 16.7. The number of benzene rings is 1. The molecule has 4 rings (SSSR count). The summed E-state index contributed by atoms with van der Waals surface area (Å²) in [6.45, 7) is 6.84. The van der Waals surface area contributed by atoms with Crippen molar-refractivity contribution < 1.29 is 4.79 Å². The molecule has 146 valence electrons. The maximum Gasteiger partial charge on any atom is 0.252 e. The summed E-state index contributed by atoms with van der Waals surface area (Å²) in [5.41, 5.74) is 3.56. The zero-order chi connectivity index (χ0) is 19.7. The van der Waals surface area contributed by atoms with E-state index in [1.807, 2.05) is 20.0 Å². The molecular weight excluding hydrogens is 350 g/mol. The number of pyridine rings is 1. The van der Waals surface area contributed by atoms with Crippen molar-refractivity contribution >= 4 is 16.9 Å². The summed E-state index contributed by atoms with van der Waals surface area (Å²) in [5.74, 6) is 0.424. The number of aromatic nitrogens is 3. The summed E-state index contributed by atoms with van der Waals surface area (Å²) in [6, 6.07) is 12.9. The minimum Gasteiger partial charge on any atom is -0.352 e. The van der Waals surface area contributed by atoms with Gasteiger partial charge in [-0.3, -0.25) is 14.4 Å². The number of fused-ring (bicyclic) bond motifs is 1. The van der Waals surface area contributed by atoms with E-state index in [4.69, 9.17) is 0 Å². The third-order valence-electron chi connectivity index (χ3n) is 5.65. The largest absolute Gasteiger partial charge is 0.352 e. The first kappa shape index (κ1) is 18.6. The number of likely N-dealkylation sites (tertiary alicyclic amines) is 1. The number of hydrogen-bond acceptors (Lipinski definition) is 4. The Morgan fingerprint density at radius 1 is 1.29 bits per heavy atom. The second kappa shape index (κ2) is 7.72. The number of carbonyl (C=O) groups excluding carboxylic acids is 1. The molecule has 2 aromatic heterocycles. The molecule has 0 radical (unpaired) electrons. The van der Waals surface area contributed by atoms with Crippen molar-refractivity contribution in [2.24, 2.45) is 13.0 Å². The SMILES string of the molecule is Cc1cc(C(=O)NC[C@H]2C[C@@H](C)N(Cc3ccccc3)C2)c2cnn(C)c2n1. The fraction of sp³-hybridized carbons (Fsp3) is 0.409. The standard InChI is InChI=1S/C22H27N5O/c1-15-9-19(20-12-24-26(3)21(20)25-15)22(28)23-11-18-10-16(2)27(14-18)13-17-7-5-4-6-8-17/h4-9,12,16,18H,10-11,13-14H2,1-3H3,(H,23,28)/t16-,18-/m1/s1. The molecule has 28 heavy (non-hydrogen) atoms. The van der Waals surface area contributed by atoms with Crippen LogP contribution in [-0.4, -0.2) is 44.7 Å². The van der Waals surface area contributed by atoms with Gasteiger partial charge >= 0.3 is 0 Å². The van der Waals surface area contributed by atoms with Gasteiger partial charge in [0.2, 0.25) is 0 Å². The van der Waals surface area contributed by atoms with Gasteiger partial charge in [0.1, 0.15) is 0 Å². The summed E-state index contributed by atoms with van der Waals surface area (Å²) in [4.78, 5) is 19.8. The van der Waals surface area contributed by atoms with E-state index >= 15 is 0 Å². The van der Waals surface area contributed by atoms with Crippen LogP contribution in [0.5, 0.6) is 0 Å². The van der Waals surface area contributed by atoms with E-state index in [0.717, 1.165) is 36.2 Å². The third kappa shape index (κ3) is 3.78. The van der Waals surface area contributed by atoms with Crippen LogP contribution in [0.15, 0.2) is 42.6 Å². The van der Waals surface area contributed by atoms with Gasteiger partial charge in [-0.1, -0.05) is 30.3 Å². The Hall–Kier alpha value is -2.73. The molecule has 2 atom stereocenters. The third-order valence-corrected chi connectivity index (χ3v) is 5.65. The van der Waals surface area contributed by atoms with E-state index in [1.165, 1.54) is 5.56 Å².